The first-order valence-electron chi connectivity index (χ1n) is 11.6. The van der Waals surface area contributed by atoms with Gasteiger partial charge in [-0.1, -0.05) is 80.6 Å². The van der Waals surface area contributed by atoms with Crippen molar-refractivity contribution in [1.82, 2.24) is 10.2 Å². The predicted molar refractivity (Wildman–Crippen MR) is 135 cm³/mol. The fourth-order valence-corrected chi connectivity index (χ4v) is 4.09. The Labute approximate surface area is 193 Å². The van der Waals surface area contributed by atoms with Gasteiger partial charge in [0.15, 0.2) is 0 Å². The van der Waals surface area contributed by atoms with Crippen LogP contribution in [-0.2, 0) is 12.8 Å². The number of carbonyl (C=O) groups is 1. The van der Waals surface area contributed by atoms with Crippen LogP contribution in [0.1, 0.15) is 41.8 Å². The van der Waals surface area contributed by atoms with Gasteiger partial charge in [0.05, 0.1) is 0 Å². The molecule has 3 nitrogen and oxygen atoms in total. The van der Waals surface area contributed by atoms with E-state index < -0.39 is 0 Å². The molecule has 3 rings (SSSR count). The van der Waals surface area contributed by atoms with E-state index in [0.717, 1.165) is 36.9 Å². The van der Waals surface area contributed by atoms with Crippen molar-refractivity contribution in [3.05, 3.63) is 95.6 Å². The lowest BCUT2D eigenvalue weighted by Crippen LogP contribution is -2.42. The summed E-state index contributed by atoms with van der Waals surface area (Å²) in [6.45, 7) is 5.29. The summed E-state index contributed by atoms with van der Waals surface area (Å²) in [7, 11) is 4.10. The van der Waals surface area contributed by atoms with Gasteiger partial charge in [-0.25, -0.2) is 0 Å². The van der Waals surface area contributed by atoms with Crippen molar-refractivity contribution in [3.63, 3.8) is 0 Å². The second-order valence-electron chi connectivity index (χ2n) is 9.34. The maximum Gasteiger partial charge on any atom is 0.251 e. The molecule has 0 saturated heterocycles. The highest BCUT2D eigenvalue weighted by molar-refractivity contribution is 5.95. The van der Waals surface area contributed by atoms with E-state index in [1.165, 1.54) is 11.1 Å². The Morgan fingerprint density at radius 1 is 0.844 bits per heavy atom. The van der Waals surface area contributed by atoms with Gasteiger partial charge < -0.3 is 10.2 Å². The molecule has 0 aliphatic rings. The molecule has 0 heterocycles. The van der Waals surface area contributed by atoms with E-state index in [1.54, 1.807) is 0 Å². The fourth-order valence-electron chi connectivity index (χ4n) is 4.09. The van der Waals surface area contributed by atoms with Gasteiger partial charge in [-0.2, -0.15) is 0 Å². The molecule has 0 aromatic heterocycles. The third-order valence-corrected chi connectivity index (χ3v) is 5.57. The number of hydrogen-bond acceptors (Lipinski definition) is 2. The summed E-state index contributed by atoms with van der Waals surface area (Å²) in [6.07, 6.45) is 2.91. The average molecular weight is 429 g/mol. The van der Waals surface area contributed by atoms with Crippen LogP contribution in [0.3, 0.4) is 0 Å². The van der Waals surface area contributed by atoms with E-state index in [1.807, 2.05) is 38.4 Å². The molecule has 168 valence electrons. The molecular formula is C29H36N2O. The minimum Gasteiger partial charge on any atom is -0.348 e. The van der Waals surface area contributed by atoms with Crippen molar-refractivity contribution < 1.29 is 4.79 Å². The number of hydrogen-bond donors (Lipinski definition) is 1. The molecule has 0 saturated carbocycles. The topological polar surface area (TPSA) is 32.3 Å². The highest BCUT2D eigenvalue weighted by atomic mass is 16.1. The predicted octanol–water partition coefficient (Wildman–Crippen LogP) is 5.84. The summed E-state index contributed by atoms with van der Waals surface area (Å²) in [6, 6.07) is 27.2. The van der Waals surface area contributed by atoms with Gasteiger partial charge in [0.1, 0.15) is 0 Å². The van der Waals surface area contributed by atoms with Crippen LogP contribution < -0.4 is 5.32 Å². The molecule has 1 amide bonds. The maximum absolute atomic E-state index is 13.1. The zero-order valence-corrected chi connectivity index (χ0v) is 19.8. The number of nitrogens with one attached hydrogen (secondary N) is 1. The molecule has 0 aliphatic heterocycles. The lowest BCUT2D eigenvalue weighted by Gasteiger charge is -2.22. The van der Waals surface area contributed by atoms with E-state index in [0.29, 0.717) is 11.5 Å². The minimum atomic E-state index is -0.00917. The van der Waals surface area contributed by atoms with Crippen molar-refractivity contribution >= 4 is 5.91 Å². The van der Waals surface area contributed by atoms with Crippen molar-refractivity contribution in [2.75, 3.05) is 20.6 Å². The number of rotatable bonds is 10. The normalized spacial score (nSPS) is 12.2. The molecule has 3 aromatic carbocycles. The molecule has 0 spiro atoms. The number of nitrogens with zero attached hydrogens (tertiary/aromatic N) is 1. The van der Waals surface area contributed by atoms with Crippen LogP contribution in [0.25, 0.3) is 11.1 Å². The Morgan fingerprint density at radius 3 is 2.19 bits per heavy atom. The van der Waals surface area contributed by atoms with E-state index in [4.69, 9.17) is 0 Å². The van der Waals surface area contributed by atoms with Crippen LogP contribution in [0.2, 0.25) is 0 Å². The van der Waals surface area contributed by atoms with Gasteiger partial charge in [-0.3, -0.25) is 4.79 Å². The van der Waals surface area contributed by atoms with Crippen LogP contribution in [0.4, 0.5) is 0 Å². The zero-order chi connectivity index (χ0) is 22.9. The molecule has 0 aliphatic carbocycles. The van der Waals surface area contributed by atoms with Crippen molar-refractivity contribution in [3.8, 4) is 11.1 Å². The average Bonchev–Trinajstić information content (AvgIpc) is 2.77. The second kappa shape index (κ2) is 11.6. The fraction of sp³-hybridized carbons (Fsp3) is 0.345. The summed E-state index contributed by atoms with van der Waals surface area (Å²) in [5.74, 6) is 0.608. The minimum absolute atomic E-state index is 0.00917. The molecule has 32 heavy (non-hydrogen) atoms. The number of aryl methyl sites for hydroxylation is 1. The van der Waals surface area contributed by atoms with Gasteiger partial charge in [0, 0.05) is 18.2 Å². The highest BCUT2D eigenvalue weighted by Gasteiger charge is 2.15. The summed E-state index contributed by atoms with van der Waals surface area (Å²) in [5, 5.41) is 3.27. The Hall–Kier alpha value is -2.91. The number of likely N-dealkylation sites (N-methyl/N-ethyl adjacent to an activating group) is 1. The highest BCUT2D eigenvalue weighted by Crippen LogP contribution is 2.23. The summed E-state index contributed by atoms with van der Waals surface area (Å²) >= 11 is 0. The smallest absolute Gasteiger partial charge is 0.251 e. The molecule has 1 N–H and O–H groups in total. The van der Waals surface area contributed by atoms with E-state index in [-0.39, 0.29) is 11.9 Å². The second-order valence-corrected chi connectivity index (χ2v) is 9.34. The molecule has 0 fully saturated rings. The molecule has 1 atom stereocenters. The number of amides is 1. The van der Waals surface area contributed by atoms with E-state index in [9.17, 15) is 4.79 Å². The first-order valence-corrected chi connectivity index (χ1v) is 11.6. The first kappa shape index (κ1) is 23.7. The number of benzene rings is 3. The summed E-state index contributed by atoms with van der Waals surface area (Å²) in [4.78, 5) is 15.2. The molecule has 3 heteroatoms. The van der Waals surface area contributed by atoms with Crippen molar-refractivity contribution in [1.29, 1.82) is 0 Å². The summed E-state index contributed by atoms with van der Waals surface area (Å²) in [5.41, 5.74) is 5.58. The molecule has 3 aromatic rings. The molecule has 0 radical (unpaired) electrons. The standard InChI is InChI=1S/C29H36N2O/c1-22(2)18-24-12-8-13-25(19-24)26-14-9-15-27(20-26)29(32)30-28(21-31(3)4)17-16-23-10-6-5-7-11-23/h5-15,19-20,22,28H,16-18,21H2,1-4H3,(H,30,32)/t28-/m0/s1. The van der Waals surface area contributed by atoms with Gasteiger partial charge in [-0.05, 0) is 73.7 Å². The zero-order valence-electron chi connectivity index (χ0n) is 19.8. The van der Waals surface area contributed by atoms with Gasteiger partial charge in [0.25, 0.3) is 5.91 Å². The Morgan fingerprint density at radius 2 is 1.50 bits per heavy atom. The van der Waals surface area contributed by atoms with Crippen LogP contribution in [0, 0.1) is 5.92 Å². The molecule has 0 bridgehead atoms. The first-order chi connectivity index (χ1) is 15.4. The third kappa shape index (κ3) is 7.35. The Balaban J connectivity index is 1.71. The maximum atomic E-state index is 13.1. The third-order valence-electron chi connectivity index (χ3n) is 5.57. The largest absolute Gasteiger partial charge is 0.348 e. The quantitative estimate of drug-likeness (QED) is 0.440. The van der Waals surface area contributed by atoms with E-state index >= 15 is 0 Å². The number of carbonyl (C=O) groups excluding carboxylic acids is 1. The SMILES string of the molecule is CC(C)Cc1cccc(-c2cccc(C(=O)N[C@@H](CCc3ccccc3)CN(C)C)c2)c1. The summed E-state index contributed by atoms with van der Waals surface area (Å²) < 4.78 is 0. The molecule has 0 unspecified atom stereocenters. The van der Waals surface area contributed by atoms with Crippen LogP contribution >= 0.6 is 0 Å². The van der Waals surface area contributed by atoms with Gasteiger partial charge in [0.2, 0.25) is 0 Å². The van der Waals surface area contributed by atoms with Gasteiger partial charge >= 0.3 is 0 Å². The van der Waals surface area contributed by atoms with Crippen LogP contribution in [-0.4, -0.2) is 37.5 Å². The Kier molecular flexibility index (Phi) is 8.64. The monoisotopic (exact) mass is 428 g/mol. The van der Waals surface area contributed by atoms with Crippen molar-refractivity contribution in [2.45, 2.75) is 39.2 Å². The Bertz CT molecular complexity index is 995. The lowest BCUT2D eigenvalue weighted by molar-refractivity contribution is 0.0928. The van der Waals surface area contributed by atoms with Crippen LogP contribution in [0.15, 0.2) is 78.9 Å². The molecular weight excluding hydrogens is 392 g/mol. The van der Waals surface area contributed by atoms with Gasteiger partial charge in [-0.15, -0.1) is 0 Å². The van der Waals surface area contributed by atoms with Crippen molar-refractivity contribution in [2.24, 2.45) is 5.92 Å². The lowest BCUT2D eigenvalue weighted by atomic mass is 9.97. The van der Waals surface area contributed by atoms with Crippen LogP contribution in [0.5, 0.6) is 0 Å². The van der Waals surface area contributed by atoms with E-state index in [2.05, 4.69) is 78.7 Å².